The monoisotopic (exact) mass is 433 g/mol. The number of amides is 3. The van der Waals surface area contributed by atoms with Crippen LogP contribution >= 0.6 is 0 Å². The van der Waals surface area contributed by atoms with Crippen LogP contribution in [0.4, 0.5) is 5.69 Å². The van der Waals surface area contributed by atoms with E-state index in [-0.39, 0.29) is 23.8 Å². The third-order valence-corrected chi connectivity index (χ3v) is 6.25. The molecule has 168 valence electrons. The summed E-state index contributed by atoms with van der Waals surface area (Å²) in [6.45, 7) is 7.27. The van der Waals surface area contributed by atoms with E-state index in [4.69, 9.17) is 0 Å². The van der Waals surface area contributed by atoms with Crippen molar-refractivity contribution in [3.05, 3.63) is 65.2 Å². The second-order valence-corrected chi connectivity index (χ2v) is 9.30. The number of rotatable bonds is 6. The van der Waals surface area contributed by atoms with Crippen molar-refractivity contribution in [3.8, 4) is 0 Å². The highest BCUT2D eigenvalue weighted by Crippen LogP contribution is 2.33. The molecular weight excluding hydrogens is 402 g/mol. The summed E-state index contributed by atoms with van der Waals surface area (Å²) in [5.41, 5.74) is 2.74. The van der Waals surface area contributed by atoms with Gasteiger partial charge >= 0.3 is 0 Å². The van der Waals surface area contributed by atoms with Crippen LogP contribution in [0.2, 0.25) is 0 Å². The van der Waals surface area contributed by atoms with Crippen molar-refractivity contribution in [3.63, 3.8) is 0 Å². The molecule has 6 nitrogen and oxygen atoms in total. The zero-order chi connectivity index (χ0) is 22.8. The van der Waals surface area contributed by atoms with E-state index in [1.165, 1.54) is 0 Å². The van der Waals surface area contributed by atoms with Crippen molar-refractivity contribution in [1.82, 2.24) is 10.2 Å². The Balaban J connectivity index is 1.54. The van der Waals surface area contributed by atoms with Crippen molar-refractivity contribution in [2.24, 2.45) is 5.92 Å². The Kier molecular flexibility index (Phi) is 6.31. The minimum atomic E-state index is -0.401. The number of carbonyl (C=O) groups excluding carboxylic acids is 3. The van der Waals surface area contributed by atoms with Crippen LogP contribution in [-0.2, 0) is 11.3 Å². The lowest BCUT2D eigenvalue weighted by atomic mass is 10.0. The molecule has 2 heterocycles. The fourth-order valence-electron chi connectivity index (χ4n) is 4.79. The molecule has 4 rings (SSSR count). The van der Waals surface area contributed by atoms with Gasteiger partial charge in [0.1, 0.15) is 6.04 Å². The largest absolute Gasteiger partial charge is 0.350 e. The fourth-order valence-corrected chi connectivity index (χ4v) is 4.79. The Morgan fingerprint density at radius 2 is 1.78 bits per heavy atom. The number of hydrogen-bond donors (Lipinski definition) is 1. The Morgan fingerprint density at radius 3 is 2.50 bits per heavy atom. The highest BCUT2D eigenvalue weighted by Gasteiger charge is 2.41. The SMILES string of the molecule is CC(C)C[C@@H](C)NC(=O)c1ccc(CN2C(=O)[C@@H]3CCCN3C(=O)c3ccccc32)cc1. The molecule has 0 saturated carbocycles. The number of nitrogens with zero attached hydrogens (tertiary/aromatic N) is 2. The average Bonchev–Trinajstić information content (AvgIpc) is 3.23. The maximum absolute atomic E-state index is 13.4. The van der Waals surface area contributed by atoms with E-state index in [0.717, 1.165) is 18.4 Å². The summed E-state index contributed by atoms with van der Waals surface area (Å²) in [6, 6.07) is 14.4. The summed E-state index contributed by atoms with van der Waals surface area (Å²) < 4.78 is 0. The topological polar surface area (TPSA) is 69.7 Å². The molecule has 0 unspecified atom stereocenters. The van der Waals surface area contributed by atoms with Crippen molar-refractivity contribution in [1.29, 1.82) is 0 Å². The van der Waals surface area contributed by atoms with Crippen LogP contribution in [0, 0.1) is 5.92 Å². The minimum Gasteiger partial charge on any atom is -0.350 e. The lowest BCUT2D eigenvalue weighted by Crippen LogP contribution is -2.44. The average molecular weight is 434 g/mol. The first-order valence-corrected chi connectivity index (χ1v) is 11.5. The number of carbonyl (C=O) groups is 3. The Labute approximate surface area is 189 Å². The van der Waals surface area contributed by atoms with Gasteiger partial charge in [-0.15, -0.1) is 0 Å². The summed E-state index contributed by atoms with van der Waals surface area (Å²) in [6.07, 6.45) is 2.47. The third kappa shape index (κ3) is 4.40. The van der Waals surface area contributed by atoms with Crippen LogP contribution in [0.25, 0.3) is 0 Å². The van der Waals surface area contributed by atoms with E-state index >= 15 is 0 Å². The molecule has 0 aromatic heterocycles. The summed E-state index contributed by atoms with van der Waals surface area (Å²) in [7, 11) is 0. The second-order valence-electron chi connectivity index (χ2n) is 9.30. The predicted octanol–water partition coefficient (Wildman–Crippen LogP) is 4.00. The van der Waals surface area contributed by atoms with Gasteiger partial charge in [-0.05, 0) is 61.9 Å². The first kappa shape index (κ1) is 22.1. The smallest absolute Gasteiger partial charge is 0.256 e. The first-order valence-electron chi connectivity index (χ1n) is 11.5. The second kappa shape index (κ2) is 9.15. The van der Waals surface area contributed by atoms with Gasteiger partial charge in [0.15, 0.2) is 0 Å². The molecule has 2 aromatic rings. The van der Waals surface area contributed by atoms with E-state index in [1.54, 1.807) is 28.0 Å². The van der Waals surface area contributed by atoms with Crippen LogP contribution in [0.15, 0.2) is 48.5 Å². The maximum atomic E-state index is 13.4. The zero-order valence-electron chi connectivity index (χ0n) is 19.0. The van der Waals surface area contributed by atoms with Crippen molar-refractivity contribution in [2.75, 3.05) is 11.4 Å². The molecular formula is C26H31N3O3. The van der Waals surface area contributed by atoms with Gasteiger partial charge in [-0.3, -0.25) is 14.4 Å². The molecule has 2 aliphatic rings. The lowest BCUT2D eigenvalue weighted by Gasteiger charge is -2.26. The number of benzene rings is 2. The molecule has 2 aromatic carbocycles. The van der Waals surface area contributed by atoms with Crippen LogP contribution < -0.4 is 10.2 Å². The molecule has 1 N–H and O–H groups in total. The molecule has 0 radical (unpaired) electrons. The van der Waals surface area contributed by atoms with Gasteiger partial charge in [0, 0.05) is 18.2 Å². The van der Waals surface area contributed by atoms with Gasteiger partial charge in [0.25, 0.3) is 11.8 Å². The van der Waals surface area contributed by atoms with Gasteiger partial charge in [0.2, 0.25) is 5.91 Å². The molecule has 1 saturated heterocycles. The fraction of sp³-hybridized carbons (Fsp3) is 0.423. The quantitative estimate of drug-likeness (QED) is 0.749. The van der Waals surface area contributed by atoms with Gasteiger partial charge in [-0.1, -0.05) is 38.1 Å². The van der Waals surface area contributed by atoms with Crippen molar-refractivity contribution < 1.29 is 14.4 Å². The van der Waals surface area contributed by atoms with Crippen LogP contribution in [0.3, 0.4) is 0 Å². The molecule has 2 aliphatic heterocycles. The molecule has 2 atom stereocenters. The number of anilines is 1. The molecule has 1 fully saturated rings. The Bertz CT molecular complexity index is 1020. The van der Waals surface area contributed by atoms with E-state index in [2.05, 4.69) is 19.2 Å². The number of hydrogen-bond acceptors (Lipinski definition) is 3. The number of para-hydroxylation sites is 1. The Morgan fingerprint density at radius 1 is 1.06 bits per heavy atom. The number of nitrogens with one attached hydrogen (secondary N) is 1. The van der Waals surface area contributed by atoms with Gasteiger partial charge in [-0.25, -0.2) is 0 Å². The molecule has 3 amide bonds. The van der Waals surface area contributed by atoms with Crippen molar-refractivity contribution >= 4 is 23.4 Å². The highest BCUT2D eigenvalue weighted by molar-refractivity contribution is 6.11. The van der Waals surface area contributed by atoms with E-state index < -0.39 is 6.04 Å². The third-order valence-electron chi connectivity index (χ3n) is 6.25. The molecule has 0 bridgehead atoms. The first-order chi connectivity index (χ1) is 15.3. The van der Waals surface area contributed by atoms with E-state index in [1.807, 2.05) is 37.3 Å². The van der Waals surface area contributed by atoms with E-state index in [0.29, 0.717) is 42.2 Å². The van der Waals surface area contributed by atoms with Crippen LogP contribution in [0.1, 0.15) is 66.3 Å². The normalized spacial score (nSPS) is 18.9. The number of fused-ring (bicyclic) bond motifs is 2. The molecule has 0 aliphatic carbocycles. The van der Waals surface area contributed by atoms with Gasteiger partial charge < -0.3 is 15.1 Å². The molecule has 0 spiro atoms. The predicted molar refractivity (Wildman–Crippen MR) is 125 cm³/mol. The summed E-state index contributed by atoms with van der Waals surface area (Å²) >= 11 is 0. The van der Waals surface area contributed by atoms with Gasteiger partial charge in [0.05, 0.1) is 17.8 Å². The van der Waals surface area contributed by atoms with Crippen LogP contribution in [0.5, 0.6) is 0 Å². The van der Waals surface area contributed by atoms with Gasteiger partial charge in [-0.2, -0.15) is 0 Å². The summed E-state index contributed by atoms with van der Waals surface area (Å²) in [5, 5.41) is 3.04. The minimum absolute atomic E-state index is 0.0369. The molecule has 32 heavy (non-hydrogen) atoms. The lowest BCUT2D eigenvalue weighted by molar-refractivity contribution is -0.122. The Hall–Kier alpha value is -3.15. The zero-order valence-corrected chi connectivity index (χ0v) is 19.0. The summed E-state index contributed by atoms with van der Waals surface area (Å²) in [4.78, 5) is 42.4. The highest BCUT2D eigenvalue weighted by atomic mass is 16.2. The van der Waals surface area contributed by atoms with Crippen molar-refractivity contribution in [2.45, 2.75) is 58.7 Å². The maximum Gasteiger partial charge on any atom is 0.256 e. The standard InChI is InChI=1S/C26H31N3O3/c1-17(2)15-18(3)27-24(30)20-12-10-19(11-13-20)16-29-22-8-5-4-7-21(22)25(31)28-14-6-9-23(28)26(29)32/h4-5,7-8,10-13,17-18,23H,6,9,14-16H2,1-3H3,(H,27,30)/t18-,23+/m1/s1. The molecule has 6 heteroatoms. The van der Waals surface area contributed by atoms with E-state index in [9.17, 15) is 14.4 Å². The van der Waals surface area contributed by atoms with Crippen LogP contribution in [-0.4, -0.2) is 41.2 Å². The summed E-state index contributed by atoms with van der Waals surface area (Å²) in [5.74, 6) is 0.323.